The van der Waals surface area contributed by atoms with Gasteiger partial charge in [-0.05, 0) is 31.2 Å². The monoisotopic (exact) mass is 198 g/mol. The minimum atomic E-state index is 0.237. The molecule has 1 aliphatic heterocycles. The summed E-state index contributed by atoms with van der Waals surface area (Å²) in [6.07, 6.45) is 4.00. The van der Waals surface area contributed by atoms with Crippen LogP contribution in [0.1, 0.15) is 47.0 Å². The van der Waals surface area contributed by atoms with Crippen molar-refractivity contribution in [1.82, 2.24) is 4.90 Å². The van der Waals surface area contributed by atoms with E-state index in [1.807, 2.05) is 0 Å². The quantitative estimate of drug-likeness (QED) is 0.753. The number of nitrogens with zero attached hydrogens (tertiary/aromatic N) is 1. The summed E-state index contributed by atoms with van der Waals surface area (Å²) in [4.78, 5) is 2.58. The van der Waals surface area contributed by atoms with Crippen molar-refractivity contribution in [3.63, 3.8) is 0 Å². The van der Waals surface area contributed by atoms with Gasteiger partial charge in [0.1, 0.15) is 0 Å². The van der Waals surface area contributed by atoms with E-state index in [4.69, 9.17) is 5.73 Å². The van der Waals surface area contributed by atoms with Gasteiger partial charge in [0.05, 0.1) is 0 Å². The topological polar surface area (TPSA) is 29.3 Å². The van der Waals surface area contributed by atoms with E-state index >= 15 is 0 Å². The summed E-state index contributed by atoms with van der Waals surface area (Å²) in [5.41, 5.74) is 6.44. The Morgan fingerprint density at radius 1 is 1.43 bits per heavy atom. The fraction of sp³-hybridized carbons (Fsp3) is 1.00. The first-order valence-corrected chi connectivity index (χ1v) is 5.94. The number of rotatable bonds is 3. The zero-order chi connectivity index (χ0) is 10.8. The molecular formula is C12H26N2. The van der Waals surface area contributed by atoms with Gasteiger partial charge in [-0.1, -0.05) is 27.7 Å². The van der Waals surface area contributed by atoms with E-state index in [1.54, 1.807) is 0 Å². The summed E-state index contributed by atoms with van der Waals surface area (Å²) in [6, 6.07) is 1.10. The molecule has 1 heterocycles. The Balaban J connectivity index is 2.43. The fourth-order valence-corrected chi connectivity index (χ4v) is 2.12. The van der Waals surface area contributed by atoms with Crippen molar-refractivity contribution >= 4 is 0 Å². The predicted octanol–water partition coefficient (Wildman–Crippen LogP) is 2.23. The molecule has 1 rings (SSSR count). The van der Waals surface area contributed by atoms with Crippen molar-refractivity contribution in [2.75, 3.05) is 13.1 Å². The van der Waals surface area contributed by atoms with E-state index in [-0.39, 0.29) is 5.41 Å². The SMILES string of the molecule is CCC1CCCN1CC(N)C(C)(C)C. The van der Waals surface area contributed by atoms with Gasteiger partial charge in [-0.2, -0.15) is 0 Å². The summed E-state index contributed by atoms with van der Waals surface area (Å²) in [5.74, 6) is 0. The molecule has 2 N–H and O–H groups in total. The molecule has 2 atom stereocenters. The number of hydrogen-bond donors (Lipinski definition) is 1. The minimum Gasteiger partial charge on any atom is -0.326 e. The maximum atomic E-state index is 6.21. The van der Waals surface area contributed by atoms with E-state index in [0.717, 1.165) is 12.6 Å². The second kappa shape index (κ2) is 4.63. The number of hydrogen-bond acceptors (Lipinski definition) is 2. The molecule has 0 aromatic carbocycles. The molecule has 1 saturated heterocycles. The molecule has 0 saturated carbocycles. The van der Waals surface area contributed by atoms with Gasteiger partial charge in [-0.3, -0.25) is 4.90 Å². The van der Waals surface area contributed by atoms with Crippen molar-refractivity contribution < 1.29 is 0 Å². The zero-order valence-electron chi connectivity index (χ0n) is 10.2. The van der Waals surface area contributed by atoms with Crippen molar-refractivity contribution in [3.05, 3.63) is 0 Å². The van der Waals surface area contributed by atoms with Crippen molar-refractivity contribution in [2.45, 2.75) is 59.0 Å². The first kappa shape index (κ1) is 12.0. The van der Waals surface area contributed by atoms with Crippen LogP contribution < -0.4 is 5.73 Å². The summed E-state index contributed by atoms with van der Waals surface area (Å²) in [5, 5.41) is 0. The molecule has 0 aliphatic carbocycles. The van der Waals surface area contributed by atoms with Gasteiger partial charge in [-0.25, -0.2) is 0 Å². The van der Waals surface area contributed by atoms with Crippen LogP contribution in [0.25, 0.3) is 0 Å². The van der Waals surface area contributed by atoms with E-state index in [1.165, 1.54) is 25.8 Å². The van der Waals surface area contributed by atoms with Gasteiger partial charge in [0.15, 0.2) is 0 Å². The first-order valence-electron chi connectivity index (χ1n) is 5.94. The highest BCUT2D eigenvalue weighted by molar-refractivity contribution is 4.85. The van der Waals surface area contributed by atoms with Crippen LogP contribution >= 0.6 is 0 Å². The molecular weight excluding hydrogens is 172 g/mol. The third-order valence-corrected chi connectivity index (χ3v) is 3.51. The predicted molar refractivity (Wildman–Crippen MR) is 62.3 cm³/mol. The van der Waals surface area contributed by atoms with Gasteiger partial charge in [0.25, 0.3) is 0 Å². The van der Waals surface area contributed by atoms with Crippen LogP contribution in [-0.2, 0) is 0 Å². The maximum Gasteiger partial charge on any atom is 0.0217 e. The van der Waals surface area contributed by atoms with Gasteiger partial charge in [0.2, 0.25) is 0 Å². The Morgan fingerprint density at radius 3 is 2.57 bits per heavy atom. The van der Waals surface area contributed by atoms with E-state index in [9.17, 15) is 0 Å². The molecule has 1 fully saturated rings. The van der Waals surface area contributed by atoms with Crippen LogP contribution in [0.4, 0.5) is 0 Å². The number of nitrogens with two attached hydrogens (primary N) is 1. The van der Waals surface area contributed by atoms with Gasteiger partial charge in [-0.15, -0.1) is 0 Å². The van der Waals surface area contributed by atoms with Gasteiger partial charge in [0, 0.05) is 18.6 Å². The van der Waals surface area contributed by atoms with Crippen LogP contribution in [0, 0.1) is 5.41 Å². The lowest BCUT2D eigenvalue weighted by molar-refractivity contribution is 0.184. The molecule has 84 valence electrons. The lowest BCUT2D eigenvalue weighted by Gasteiger charge is -2.33. The smallest absolute Gasteiger partial charge is 0.0217 e. The third kappa shape index (κ3) is 2.96. The zero-order valence-corrected chi connectivity index (χ0v) is 10.2. The lowest BCUT2D eigenvalue weighted by Crippen LogP contribution is -2.46. The summed E-state index contributed by atoms with van der Waals surface area (Å²) >= 11 is 0. The maximum absolute atomic E-state index is 6.21. The van der Waals surface area contributed by atoms with Gasteiger partial charge < -0.3 is 5.73 Å². The second-order valence-corrected chi connectivity index (χ2v) is 5.67. The molecule has 2 unspecified atom stereocenters. The molecule has 0 aromatic rings. The molecule has 2 heteroatoms. The van der Waals surface area contributed by atoms with Crippen molar-refractivity contribution in [2.24, 2.45) is 11.1 Å². The number of likely N-dealkylation sites (tertiary alicyclic amines) is 1. The molecule has 0 spiro atoms. The molecule has 0 bridgehead atoms. The lowest BCUT2D eigenvalue weighted by atomic mass is 9.87. The van der Waals surface area contributed by atoms with E-state index in [0.29, 0.717) is 6.04 Å². The summed E-state index contributed by atoms with van der Waals surface area (Å²) in [6.45, 7) is 11.3. The third-order valence-electron chi connectivity index (χ3n) is 3.51. The van der Waals surface area contributed by atoms with E-state index in [2.05, 4.69) is 32.6 Å². The van der Waals surface area contributed by atoms with Gasteiger partial charge >= 0.3 is 0 Å². The van der Waals surface area contributed by atoms with Crippen LogP contribution in [0.15, 0.2) is 0 Å². The molecule has 1 aliphatic rings. The first-order chi connectivity index (χ1) is 6.45. The Bertz CT molecular complexity index is 172. The highest BCUT2D eigenvalue weighted by Gasteiger charge is 2.28. The minimum absolute atomic E-state index is 0.237. The Morgan fingerprint density at radius 2 is 2.07 bits per heavy atom. The van der Waals surface area contributed by atoms with Crippen LogP contribution in [0.3, 0.4) is 0 Å². The van der Waals surface area contributed by atoms with Crippen molar-refractivity contribution in [3.8, 4) is 0 Å². The Labute approximate surface area is 88.8 Å². The molecule has 2 nitrogen and oxygen atoms in total. The molecule has 14 heavy (non-hydrogen) atoms. The normalized spacial score (nSPS) is 26.8. The van der Waals surface area contributed by atoms with E-state index < -0.39 is 0 Å². The molecule has 0 aromatic heterocycles. The average Bonchev–Trinajstić information content (AvgIpc) is 2.50. The van der Waals surface area contributed by atoms with Crippen molar-refractivity contribution in [1.29, 1.82) is 0 Å². The van der Waals surface area contributed by atoms with Crippen LogP contribution in [-0.4, -0.2) is 30.1 Å². The highest BCUT2D eigenvalue weighted by atomic mass is 15.2. The average molecular weight is 198 g/mol. The molecule has 0 amide bonds. The standard InChI is InChI=1S/C12H26N2/c1-5-10-7-6-8-14(10)9-11(13)12(2,3)4/h10-11H,5-9,13H2,1-4H3. The Kier molecular flexibility index (Phi) is 3.96. The fourth-order valence-electron chi connectivity index (χ4n) is 2.12. The Hall–Kier alpha value is -0.0800. The highest BCUT2D eigenvalue weighted by Crippen LogP contribution is 2.24. The summed E-state index contributed by atoms with van der Waals surface area (Å²) < 4.78 is 0. The summed E-state index contributed by atoms with van der Waals surface area (Å²) in [7, 11) is 0. The second-order valence-electron chi connectivity index (χ2n) is 5.67. The van der Waals surface area contributed by atoms with Crippen LogP contribution in [0.2, 0.25) is 0 Å². The van der Waals surface area contributed by atoms with Crippen LogP contribution in [0.5, 0.6) is 0 Å². The molecule has 0 radical (unpaired) electrons. The largest absolute Gasteiger partial charge is 0.326 e.